The van der Waals surface area contributed by atoms with E-state index in [-0.39, 0.29) is 11.8 Å². The molecule has 2 N–H and O–H groups in total. The van der Waals surface area contributed by atoms with Crippen LogP contribution in [0.25, 0.3) is 0 Å². The molecule has 0 radical (unpaired) electrons. The molecule has 2 aliphatic heterocycles. The zero-order chi connectivity index (χ0) is 22.8. The van der Waals surface area contributed by atoms with E-state index >= 15 is 0 Å². The first-order valence-electron chi connectivity index (χ1n) is 12.6. The lowest BCUT2D eigenvalue weighted by molar-refractivity contribution is -0.121. The molecule has 2 unspecified atom stereocenters. The third kappa shape index (κ3) is 7.59. The highest BCUT2D eigenvalue weighted by Gasteiger charge is 2.24. The van der Waals surface area contributed by atoms with Gasteiger partial charge in [0, 0.05) is 52.1 Å². The maximum Gasteiger partial charge on any atom is 0.219 e. The second-order valence-corrected chi connectivity index (χ2v) is 9.48. The Kier molecular flexibility index (Phi) is 10.0. The summed E-state index contributed by atoms with van der Waals surface area (Å²) in [7, 11) is 3.44. The third-order valence-corrected chi connectivity index (χ3v) is 7.23. The van der Waals surface area contributed by atoms with E-state index in [1.807, 2.05) is 0 Å². The number of carbonyl (C=O) groups excluding carboxylic acids is 2. The summed E-state index contributed by atoms with van der Waals surface area (Å²) in [5.41, 5.74) is 2.74. The van der Waals surface area contributed by atoms with Crippen LogP contribution in [0.1, 0.15) is 75.3 Å². The Hall–Kier alpha value is -1.92. The van der Waals surface area contributed by atoms with E-state index in [0.29, 0.717) is 24.9 Å². The summed E-state index contributed by atoms with van der Waals surface area (Å²) in [6, 6.07) is 10.1. The van der Waals surface area contributed by atoms with E-state index < -0.39 is 0 Å². The molecule has 2 heterocycles. The molecule has 1 aromatic rings. The summed E-state index contributed by atoms with van der Waals surface area (Å²) in [5, 5.41) is 5.51. The van der Waals surface area contributed by atoms with Crippen molar-refractivity contribution in [3.8, 4) is 0 Å². The molecule has 2 amide bonds. The van der Waals surface area contributed by atoms with Crippen molar-refractivity contribution in [2.24, 2.45) is 0 Å². The van der Waals surface area contributed by atoms with Crippen LogP contribution in [-0.2, 0) is 22.7 Å². The Morgan fingerprint density at radius 2 is 1.28 bits per heavy atom. The van der Waals surface area contributed by atoms with Gasteiger partial charge in [0.2, 0.25) is 11.8 Å². The standard InChI is InChI=1S/C26H42N4O2/c1-27-25(31)14-12-23-10-3-5-16-29(23)19-21-8-7-9-22(18-21)20-30-17-6-4-11-24(30)13-15-26(32)28-2/h7-9,18,23-24H,3-6,10-17,19-20H2,1-2H3,(H,27,31)(H,28,32). The van der Waals surface area contributed by atoms with Crippen LogP contribution in [0, 0.1) is 0 Å². The van der Waals surface area contributed by atoms with Crippen molar-refractivity contribution < 1.29 is 9.59 Å². The van der Waals surface area contributed by atoms with Gasteiger partial charge >= 0.3 is 0 Å². The molecule has 2 saturated heterocycles. The van der Waals surface area contributed by atoms with Gasteiger partial charge < -0.3 is 10.6 Å². The maximum absolute atomic E-state index is 11.7. The van der Waals surface area contributed by atoms with Gasteiger partial charge in [-0.3, -0.25) is 19.4 Å². The molecule has 1 aromatic carbocycles. The van der Waals surface area contributed by atoms with Gasteiger partial charge in [0.1, 0.15) is 0 Å². The van der Waals surface area contributed by atoms with Crippen molar-refractivity contribution in [1.82, 2.24) is 20.4 Å². The van der Waals surface area contributed by atoms with E-state index in [4.69, 9.17) is 0 Å². The van der Waals surface area contributed by atoms with Crippen molar-refractivity contribution in [3.05, 3.63) is 35.4 Å². The lowest BCUT2D eigenvalue weighted by Gasteiger charge is -2.36. The number of rotatable bonds is 10. The van der Waals surface area contributed by atoms with E-state index in [9.17, 15) is 9.59 Å². The van der Waals surface area contributed by atoms with Crippen LogP contribution in [0.2, 0.25) is 0 Å². The zero-order valence-electron chi connectivity index (χ0n) is 20.1. The zero-order valence-corrected chi connectivity index (χ0v) is 20.1. The van der Waals surface area contributed by atoms with Gasteiger partial charge in [0.15, 0.2) is 0 Å². The highest BCUT2D eigenvalue weighted by molar-refractivity contribution is 5.75. The van der Waals surface area contributed by atoms with Gasteiger partial charge in [0.05, 0.1) is 0 Å². The number of benzene rings is 1. The molecular formula is C26H42N4O2. The highest BCUT2D eigenvalue weighted by Crippen LogP contribution is 2.25. The quantitative estimate of drug-likeness (QED) is 0.583. The Bertz CT molecular complexity index is 681. The molecule has 2 aliphatic rings. The lowest BCUT2D eigenvalue weighted by atomic mass is 9.96. The molecule has 3 rings (SSSR count). The fourth-order valence-corrected chi connectivity index (χ4v) is 5.33. The largest absolute Gasteiger partial charge is 0.359 e. The third-order valence-electron chi connectivity index (χ3n) is 7.23. The number of hydrogen-bond acceptors (Lipinski definition) is 4. The first-order valence-corrected chi connectivity index (χ1v) is 12.6. The molecule has 178 valence electrons. The lowest BCUT2D eigenvalue weighted by Crippen LogP contribution is -2.40. The predicted octanol–water partition coefficient (Wildman–Crippen LogP) is 3.45. The minimum atomic E-state index is 0.144. The predicted molar refractivity (Wildman–Crippen MR) is 129 cm³/mol. The van der Waals surface area contributed by atoms with Crippen molar-refractivity contribution in [1.29, 1.82) is 0 Å². The summed E-state index contributed by atoms with van der Waals surface area (Å²) >= 11 is 0. The molecule has 0 aromatic heterocycles. The topological polar surface area (TPSA) is 64.7 Å². The van der Waals surface area contributed by atoms with Gasteiger partial charge in [-0.15, -0.1) is 0 Å². The minimum Gasteiger partial charge on any atom is -0.359 e. The fourth-order valence-electron chi connectivity index (χ4n) is 5.33. The molecule has 6 nitrogen and oxygen atoms in total. The molecule has 32 heavy (non-hydrogen) atoms. The first kappa shape index (κ1) is 24.7. The van der Waals surface area contributed by atoms with E-state index in [1.165, 1.54) is 49.7 Å². The molecule has 2 fully saturated rings. The maximum atomic E-state index is 11.7. The van der Waals surface area contributed by atoms with Crippen molar-refractivity contribution >= 4 is 11.8 Å². The molecule has 0 bridgehead atoms. The summed E-state index contributed by atoms with van der Waals surface area (Å²) in [6.45, 7) is 4.17. The minimum absolute atomic E-state index is 0.144. The summed E-state index contributed by atoms with van der Waals surface area (Å²) in [5.74, 6) is 0.287. The second-order valence-electron chi connectivity index (χ2n) is 9.48. The Morgan fingerprint density at radius 1 is 0.812 bits per heavy atom. The van der Waals surface area contributed by atoms with Crippen LogP contribution in [0.3, 0.4) is 0 Å². The average molecular weight is 443 g/mol. The fraction of sp³-hybridized carbons (Fsp3) is 0.692. The molecule has 2 atom stereocenters. The summed E-state index contributed by atoms with van der Waals surface area (Å²) in [4.78, 5) is 28.6. The van der Waals surface area contributed by atoms with Crippen molar-refractivity contribution in [2.45, 2.75) is 89.4 Å². The highest BCUT2D eigenvalue weighted by atomic mass is 16.2. The number of nitrogens with one attached hydrogen (secondary N) is 2. The number of hydrogen-bond donors (Lipinski definition) is 2. The smallest absolute Gasteiger partial charge is 0.219 e. The van der Waals surface area contributed by atoms with Crippen molar-refractivity contribution in [2.75, 3.05) is 27.2 Å². The first-order chi connectivity index (χ1) is 15.6. The Morgan fingerprint density at radius 3 is 1.72 bits per heavy atom. The van der Waals surface area contributed by atoms with Crippen LogP contribution in [0.4, 0.5) is 0 Å². The van der Waals surface area contributed by atoms with Crippen LogP contribution in [0.5, 0.6) is 0 Å². The average Bonchev–Trinajstić information content (AvgIpc) is 2.82. The normalized spacial score (nSPS) is 22.4. The summed E-state index contributed by atoms with van der Waals surface area (Å²) < 4.78 is 0. The van der Waals surface area contributed by atoms with Crippen LogP contribution in [0.15, 0.2) is 24.3 Å². The molecular weight excluding hydrogens is 400 g/mol. The molecule has 6 heteroatoms. The van der Waals surface area contributed by atoms with Gasteiger partial charge in [-0.05, 0) is 62.7 Å². The SMILES string of the molecule is CNC(=O)CCC1CCCCN1Cc1cccc(CN2CCCCC2CCC(=O)NC)c1. The van der Waals surface area contributed by atoms with Gasteiger partial charge in [-0.1, -0.05) is 37.1 Å². The Labute approximate surface area is 194 Å². The molecule has 0 saturated carbocycles. The van der Waals surface area contributed by atoms with Crippen molar-refractivity contribution in [3.63, 3.8) is 0 Å². The molecule has 0 aliphatic carbocycles. The number of likely N-dealkylation sites (tertiary alicyclic amines) is 2. The summed E-state index contributed by atoms with van der Waals surface area (Å²) in [6.07, 6.45) is 10.5. The Balaban J connectivity index is 1.58. The van der Waals surface area contributed by atoms with E-state index in [0.717, 1.165) is 39.0 Å². The monoisotopic (exact) mass is 442 g/mol. The van der Waals surface area contributed by atoms with Crippen LogP contribution >= 0.6 is 0 Å². The number of carbonyl (C=O) groups is 2. The second kappa shape index (κ2) is 12.9. The van der Waals surface area contributed by atoms with Crippen LogP contribution < -0.4 is 10.6 Å². The number of nitrogens with zero attached hydrogens (tertiary/aromatic N) is 2. The van der Waals surface area contributed by atoms with Gasteiger partial charge in [0.25, 0.3) is 0 Å². The molecule has 0 spiro atoms. The van der Waals surface area contributed by atoms with Gasteiger partial charge in [-0.25, -0.2) is 0 Å². The van der Waals surface area contributed by atoms with Crippen LogP contribution in [-0.4, -0.2) is 60.9 Å². The number of amides is 2. The van der Waals surface area contributed by atoms with E-state index in [2.05, 4.69) is 44.7 Å². The van der Waals surface area contributed by atoms with Gasteiger partial charge in [-0.2, -0.15) is 0 Å². The van der Waals surface area contributed by atoms with E-state index in [1.54, 1.807) is 14.1 Å². The number of piperidine rings is 2.